The van der Waals surface area contributed by atoms with E-state index in [0.29, 0.717) is 12.4 Å². The third-order valence-electron chi connectivity index (χ3n) is 3.26. The maximum absolute atomic E-state index is 12.8. The van der Waals surface area contributed by atoms with Crippen LogP contribution in [0.5, 0.6) is 5.75 Å². The molecule has 4 nitrogen and oxygen atoms in total. The van der Waals surface area contributed by atoms with Gasteiger partial charge < -0.3 is 9.30 Å². The summed E-state index contributed by atoms with van der Waals surface area (Å²) in [7, 11) is 1.95. The molecular weight excluding hydrogens is 313 g/mol. The van der Waals surface area contributed by atoms with Crippen LogP contribution in [0.2, 0.25) is 0 Å². The molecule has 0 saturated carbocycles. The molecule has 1 heterocycles. The Balaban J connectivity index is 1.55. The normalized spacial score (nSPS) is 10.7. The lowest BCUT2D eigenvalue weighted by molar-refractivity contribution is 0.343. The summed E-state index contributed by atoms with van der Waals surface area (Å²) in [5.74, 6) is 1.97. The van der Waals surface area contributed by atoms with Gasteiger partial charge in [-0.05, 0) is 24.3 Å². The van der Waals surface area contributed by atoms with Crippen LogP contribution in [0, 0.1) is 5.82 Å². The minimum atomic E-state index is -0.265. The lowest BCUT2D eigenvalue weighted by atomic mass is 10.2. The van der Waals surface area contributed by atoms with Crippen LogP contribution in [0.1, 0.15) is 0 Å². The average molecular weight is 329 g/mol. The summed E-state index contributed by atoms with van der Waals surface area (Å²) in [5.41, 5.74) is 1.04. The van der Waals surface area contributed by atoms with E-state index in [2.05, 4.69) is 10.2 Å². The van der Waals surface area contributed by atoms with Crippen LogP contribution < -0.4 is 4.74 Å². The third-order valence-corrected chi connectivity index (χ3v) is 4.25. The van der Waals surface area contributed by atoms with Crippen LogP contribution in [-0.4, -0.2) is 27.1 Å². The second kappa shape index (κ2) is 7.28. The average Bonchev–Trinajstić information content (AvgIpc) is 2.95. The van der Waals surface area contributed by atoms with Crippen molar-refractivity contribution >= 4 is 11.8 Å². The molecule has 3 rings (SSSR count). The summed E-state index contributed by atoms with van der Waals surface area (Å²) in [6.07, 6.45) is 0. The van der Waals surface area contributed by atoms with Crippen LogP contribution in [0.25, 0.3) is 11.4 Å². The van der Waals surface area contributed by atoms with Crippen molar-refractivity contribution in [2.45, 2.75) is 5.16 Å². The molecule has 0 aliphatic heterocycles. The van der Waals surface area contributed by atoms with Gasteiger partial charge in [0.05, 0.1) is 6.61 Å². The maximum atomic E-state index is 12.8. The first-order valence-corrected chi connectivity index (χ1v) is 8.18. The predicted molar refractivity (Wildman–Crippen MR) is 89.1 cm³/mol. The van der Waals surface area contributed by atoms with Crippen molar-refractivity contribution in [1.82, 2.24) is 14.8 Å². The van der Waals surface area contributed by atoms with Crippen molar-refractivity contribution in [3.8, 4) is 17.1 Å². The Morgan fingerprint density at radius 3 is 2.52 bits per heavy atom. The van der Waals surface area contributed by atoms with Gasteiger partial charge in [0.15, 0.2) is 11.0 Å². The summed E-state index contributed by atoms with van der Waals surface area (Å²) < 4.78 is 20.3. The van der Waals surface area contributed by atoms with Crippen molar-refractivity contribution in [1.29, 1.82) is 0 Å². The Hall–Kier alpha value is -2.34. The number of aromatic nitrogens is 3. The summed E-state index contributed by atoms with van der Waals surface area (Å²) in [6.45, 7) is 0.518. The fourth-order valence-corrected chi connectivity index (χ4v) is 2.83. The van der Waals surface area contributed by atoms with Crippen LogP contribution in [0.3, 0.4) is 0 Å². The van der Waals surface area contributed by atoms with Gasteiger partial charge in [0.25, 0.3) is 0 Å². The minimum absolute atomic E-state index is 0.265. The second-order valence-corrected chi connectivity index (χ2v) is 5.94. The first-order valence-electron chi connectivity index (χ1n) is 7.20. The SMILES string of the molecule is Cn1c(SCCOc2ccc(F)cc2)nnc1-c1ccccc1. The van der Waals surface area contributed by atoms with Crippen LogP contribution in [0.4, 0.5) is 4.39 Å². The Bertz CT molecular complexity index is 759. The highest BCUT2D eigenvalue weighted by atomic mass is 32.2. The number of hydrogen-bond acceptors (Lipinski definition) is 4. The van der Waals surface area contributed by atoms with Crippen LogP contribution >= 0.6 is 11.8 Å². The summed E-state index contributed by atoms with van der Waals surface area (Å²) in [6, 6.07) is 16.0. The quantitative estimate of drug-likeness (QED) is 0.509. The van der Waals surface area contributed by atoms with Gasteiger partial charge in [-0.25, -0.2) is 4.39 Å². The van der Waals surface area contributed by atoms with E-state index in [1.165, 1.54) is 12.1 Å². The van der Waals surface area contributed by atoms with E-state index in [4.69, 9.17) is 4.74 Å². The zero-order valence-corrected chi connectivity index (χ0v) is 13.5. The largest absolute Gasteiger partial charge is 0.493 e. The topological polar surface area (TPSA) is 39.9 Å². The van der Waals surface area contributed by atoms with Gasteiger partial charge in [0, 0.05) is 18.4 Å². The van der Waals surface area contributed by atoms with E-state index in [0.717, 1.165) is 22.3 Å². The van der Waals surface area contributed by atoms with Crippen molar-refractivity contribution < 1.29 is 9.13 Å². The van der Waals surface area contributed by atoms with Crippen molar-refractivity contribution in [3.05, 3.63) is 60.4 Å². The van der Waals surface area contributed by atoms with Gasteiger partial charge in [0.2, 0.25) is 0 Å². The van der Waals surface area contributed by atoms with E-state index in [9.17, 15) is 4.39 Å². The highest BCUT2D eigenvalue weighted by Crippen LogP contribution is 2.22. The lowest BCUT2D eigenvalue weighted by Gasteiger charge is -2.06. The third kappa shape index (κ3) is 3.90. The molecule has 3 aromatic rings. The molecule has 0 bridgehead atoms. The van der Waals surface area contributed by atoms with E-state index >= 15 is 0 Å². The molecule has 6 heteroatoms. The molecule has 0 radical (unpaired) electrons. The van der Waals surface area contributed by atoms with Crippen LogP contribution in [-0.2, 0) is 7.05 Å². The summed E-state index contributed by atoms with van der Waals surface area (Å²) in [4.78, 5) is 0. The smallest absolute Gasteiger partial charge is 0.191 e. The molecule has 23 heavy (non-hydrogen) atoms. The fourth-order valence-electron chi connectivity index (χ4n) is 2.10. The Kier molecular flexibility index (Phi) is 4.92. The summed E-state index contributed by atoms with van der Waals surface area (Å²) >= 11 is 1.58. The molecule has 0 aliphatic carbocycles. The molecule has 0 atom stereocenters. The van der Waals surface area contributed by atoms with Crippen molar-refractivity contribution in [2.24, 2.45) is 7.05 Å². The molecule has 0 fully saturated rings. The highest BCUT2D eigenvalue weighted by Gasteiger charge is 2.10. The van der Waals surface area contributed by atoms with Crippen molar-refractivity contribution in [3.63, 3.8) is 0 Å². The first-order chi connectivity index (χ1) is 11.2. The minimum Gasteiger partial charge on any atom is -0.493 e. The Morgan fingerprint density at radius 1 is 1.04 bits per heavy atom. The molecule has 0 amide bonds. The summed E-state index contributed by atoms with van der Waals surface area (Å²) in [5, 5.41) is 9.30. The fraction of sp³-hybridized carbons (Fsp3) is 0.176. The van der Waals surface area contributed by atoms with E-state index in [1.54, 1.807) is 23.9 Å². The second-order valence-electron chi connectivity index (χ2n) is 4.88. The van der Waals surface area contributed by atoms with Crippen molar-refractivity contribution in [2.75, 3.05) is 12.4 Å². The van der Waals surface area contributed by atoms with Gasteiger partial charge in [-0.1, -0.05) is 42.1 Å². The molecule has 1 aromatic heterocycles. The number of benzene rings is 2. The van der Waals surface area contributed by atoms with Crippen LogP contribution in [0.15, 0.2) is 59.8 Å². The standard InChI is InChI=1S/C17H16FN3OS/c1-21-16(13-5-3-2-4-6-13)19-20-17(21)23-12-11-22-15-9-7-14(18)8-10-15/h2-10H,11-12H2,1H3. The van der Waals surface area contributed by atoms with E-state index in [1.807, 2.05) is 41.9 Å². The molecule has 2 aromatic carbocycles. The molecule has 0 aliphatic rings. The predicted octanol–water partition coefficient (Wildman–Crippen LogP) is 3.79. The zero-order chi connectivity index (χ0) is 16.1. The van der Waals surface area contributed by atoms with Gasteiger partial charge in [-0.3, -0.25) is 0 Å². The number of hydrogen-bond donors (Lipinski definition) is 0. The number of halogens is 1. The van der Waals surface area contributed by atoms with Gasteiger partial charge in [-0.2, -0.15) is 0 Å². The molecular formula is C17H16FN3OS. The van der Waals surface area contributed by atoms with Gasteiger partial charge >= 0.3 is 0 Å². The zero-order valence-electron chi connectivity index (χ0n) is 12.6. The highest BCUT2D eigenvalue weighted by molar-refractivity contribution is 7.99. The molecule has 0 saturated heterocycles. The number of nitrogens with zero attached hydrogens (tertiary/aromatic N) is 3. The Labute approximate surface area is 138 Å². The van der Waals surface area contributed by atoms with E-state index in [-0.39, 0.29) is 5.82 Å². The monoisotopic (exact) mass is 329 g/mol. The first kappa shape index (κ1) is 15.6. The molecule has 0 spiro atoms. The van der Waals surface area contributed by atoms with E-state index < -0.39 is 0 Å². The molecule has 0 N–H and O–H groups in total. The number of rotatable bonds is 6. The number of ether oxygens (including phenoxy) is 1. The van der Waals surface area contributed by atoms with Gasteiger partial charge in [0.1, 0.15) is 11.6 Å². The molecule has 0 unspecified atom stereocenters. The lowest BCUT2D eigenvalue weighted by Crippen LogP contribution is -2.02. The maximum Gasteiger partial charge on any atom is 0.191 e. The van der Waals surface area contributed by atoms with Gasteiger partial charge in [-0.15, -0.1) is 10.2 Å². The number of thioether (sulfide) groups is 1. The molecule has 118 valence electrons. The Morgan fingerprint density at radius 2 is 1.78 bits per heavy atom.